The van der Waals surface area contributed by atoms with Crippen LogP contribution in [0, 0.1) is 11.7 Å². The molecule has 2 N–H and O–H groups in total. The first-order valence-electron chi connectivity index (χ1n) is 6.12. The Morgan fingerprint density at radius 1 is 1.47 bits per heavy atom. The number of anilines is 1. The number of hydrogen-bond donors (Lipinski definition) is 2. The van der Waals surface area contributed by atoms with Gasteiger partial charge in [0.25, 0.3) is 0 Å². The number of nitrogens with one attached hydrogen (secondary N) is 1. The van der Waals surface area contributed by atoms with Gasteiger partial charge in [0.05, 0.1) is 15.7 Å². The van der Waals surface area contributed by atoms with Crippen LogP contribution in [0.15, 0.2) is 16.6 Å². The molecule has 3 nitrogen and oxygen atoms in total. The van der Waals surface area contributed by atoms with Gasteiger partial charge in [-0.15, -0.1) is 0 Å². The van der Waals surface area contributed by atoms with Crippen molar-refractivity contribution in [3.05, 3.63) is 28.0 Å². The van der Waals surface area contributed by atoms with Crippen molar-refractivity contribution in [2.24, 2.45) is 5.92 Å². The number of benzene rings is 1. The first-order chi connectivity index (χ1) is 9.09. The van der Waals surface area contributed by atoms with Crippen molar-refractivity contribution in [3.8, 4) is 0 Å². The summed E-state index contributed by atoms with van der Waals surface area (Å²) in [7, 11) is 0. The number of aromatic carboxylic acids is 1. The average Bonchev–Trinajstić information content (AvgIpc) is 2.41. The topological polar surface area (TPSA) is 49.3 Å². The predicted molar refractivity (Wildman–Crippen MR) is 79.6 cm³/mol. The maximum Gasteiger partial charge on any atom is 0.336 e. The van der Waals surface area contributed by atoms with Crippen LogP contribution in [-0.4, -0.2) is 29.1 Å². The third kappa shape index (κ3) is 3.63. The molecule has 0 unspecified atom stereocenters. The van der Waals surface area contributed by atoms with E-state index >= 15 is 0 Å². The molecule has 1 heterocycles. The monoisotopic (exact) mass is 347 g/mol. The van der Waals surface area contributed by atoms with E-state index in [0.717, 1.165) is 30.9 Å². The quantitative estimate of drug-likeness (QED) is 0.868. The van der Waals surface area contributed by atoms with Gasteiger partial charge in [-0.25, -0.2) is 9.18 Å². The number of carboxylic acid groups (broad SMARTS) is 1. The van der Waals surface area contributed by atoms with Gasteiger partial charge in [0.1, 0.15) is 0 Å². The molecule has 1 fully saturated rings. The number of halogens is 2. The van der Waals surface area contributed by atoms with E-state index in [9.17, 15) is 9.18 Å². The normalized spacial score (nSPS) is 16.3. The van der Waals surface area contributed by atoms with Gasteiger partial charge >= 0.3 is 5.97 Å². The molecule has 1 aliphatic rings. The van der Waals surface area contributed by atoms with Gasteiger partial charge in [0, 0.05) is 6.54 Å². The van der Waals surface area contributed by atoms with E-state index in [1.807, 2.05) is 11.8 Å². The second kappa shape index (κ2) is 6.61. The highest BCUT2D eigenvalue weighted by molar-refractivity contribution is 9.10. The fourth-order valence-electron chi connectivity index (χ4n) is 2.06. The fraction of sp³-hybridized carbons (Fsp3) is 0.462. The van der Waals surface area contributed by atoms with Crippen LogP contribution < -0.4 is 5.32 Å². The minimum atomic E-state index is -1.14. The zero-order valence-electron chi connectivity index (χ0n) is 10.3. The van der Waals surface area contributed by atoms with E-state index in [0.29, 0.717) is 11.6 Å². The predicted octanol–water partition coefficient (Wildman–Crippen LogP) is 3.84. The molecule has 1 saturated heterocycles. The van der Waals surface area contributed by atoms with E-state index in [1.54, 1.807) is 0 Å². The molecular weight excluding hydrogens is 333 g/mol. The molecule has 1 aromatic rings. The Labute approximate surface area is 124 Å². The van der Waals surface area contributed by atoms with Crippen LogP contribution >= 0.6 is 27.7 Å². The number of rotatable bonds is 4. The maximum absolute atomic E-state index is 14.0. The lowest BCUT2D eigenvalue weighted by molar-refractivity contribution is 0.0695. The average molecular weight is 348 g/mol. The van der Waals surface area contributed by atoms with Crippen LogP contribution in [0.3, 0.4) is 0 Å². The van der Waals surface area contributed by atoms with Crippen LogP contribution in [0.1, 0.15) is 23.2 Å². The largest absolute Gasteiger partial charge is 0.478 e. The maximum atomic E-state index is 14.0. The third-order valence-corrected chi connectivity index (χ3v) is 5.06. The molecule has 0 saturated carbocycles. The zero-order valence-corrected chi connectivity index (χ0v) is 12.7. The van der Waals surface area contributed by atoms with Crippen LogP contribution in [0.2, 0.25) is 0 Å². The highest BCUT2D eigenvalue weighted by Crippen LogP contribution is 2.28. The first kappa shape index (κ1) is 14.7. The molecule has 19 heavy (non-hydrogen) atoms. The van der Waals surface area contributed by atoms with Gasteiger partial charge in [0.15, 0.2) is 5.82 Å². The Hall–Kier alpha value is -0.750. The summed E-state index contributed by atoms with van der Waals surface area (Å²) < 4.78 is 14.0. The van der Waals surface area contributed by atoms with Crippen LogP contribution in [0.4, 0.5) is 10.1 Å². The van der Waals surface area contributed by atoms with Crippen LogP contribution in [-0.2, 0) is 0 Å². The molecule has 0 aliphatic carbocycles. The second-order valence-corrected chi connectivity index (χ2v) is 6.55. The van der Waals surface area contributed by atoms with Gasteiger partial charge in [0.2, 0.25) is 0 Å². The Balaban J connectivity index is 2.04. The van der Waals surface area contributed by atoms with Crippen molar-refractivity contribution in [1.82, 2.24) is 0 Å². The summed E-state index contributed by atoms with van der Waals surface area (Å²) in [6.45, 7) is 0.732. The zero-order chi connectivity index (χ0) is 13.8. The van der Waals surface area contributed by atoms with Gasteiger partial charge in [-0.2, -0.15) is 11.8 Å². The van der Waals surface area contributed by atoms with E-state index in [4.69, 9.17) is 5.11 Å². The van der Waals surface area contributed by atoms with Crippen molar-refractivity contribution in [1.29, 1.82) is 0 Å². The number of hydrogen-bond acceptors (Lipinski definition) is 3. The van der Waals surface area contributed by atoms with Crippen molar-refractivity contribution in [2.75, 3.05) is 23.4 Å². The summed E-state index contributed by atoms with van der Waals surface area (Å²) in [4.78, 5) is 10.9. The van der Waals surface area contributed by atoms with Crippen molar-refractivity contribution >= 4 is 39.3 Å². The molecule has 104 valence electrons. The molecule has 1 aliphatic heterocycles. The Morgan fingerprint density at radius 3 is 2.79 bits per heavy atom. The SMILES string of the molecule is O=C(O)c1ccc(NCC2CCSCC2)c(F)c1Br. The molecule has 0 bridgehead atoms. The molecule has 2 rings (SSSR count). The minimum absolute atomic E-state index is 0.00389. The highest BCUT2D eigenvalue weighted by Gasteiger charge is 2.17. The molecular formula is C13H15BrFNO2S. The van der Waals surface area contributed by atoms with Crippen molar-refractivity contribution in [2.45, 2.75) is 12.8 Å². The lowest BCUT2D eigenvalue weighted by atomic mass is 10.0. The summed E-state index contributed by atoms with van der Waals surface area (Å²) in [5, 5.41) is 12.0. The van der Waals surface area contributed by atoms with Gasteiger partial charge in [-0.3, -0.25) is 0 Å². The minimum Gasteiger partial charge on any atom is -0.478 e. The summed E-state index contributed by atoms with van der Waals surface area (Å²) in [6, 6.07) is 2.90. The molecule has 0 spiro atoms. The number of carbonyl (C=O) groups is 1. The first-order valence-corrected chi connectivity index (χ1v) is 8.07. The summed E-state index contributed by atoms with van der Waals surface area (Å²) >= 11 is 4.95. The molecule has 0 aromatic heterocycles. The molecule has 6 heteroatoms. The van der Waals surface area contributed by atoms with Gasteiger partial charge in [-0.1, -0.05) is 0 Å². The smallest absolute Gasteiger partial charge is 0.336 e. The summed E-state index contributed by atoms with van der Waals surface area (Å²) in [5.74, 6) is 1.22. The lowest BCUT2D eigenvalue weighted by Gasteiger charge is -2.22. The van der Waals surface area contributed by atoms with E-state index in [1.165, 1.54) is 12.1 Å². The second-order valence-electron chi connectivity index (χ2n) is 4.53. The van der Waals surface area contributed by atoms with Gasteiger partial charge in [-0.05, 0) is 58.3 Å². The molecule has 0 amide bonds. The Morgan fingerprint density at radius 2 is 2.16 bits per heavy atom. The van der Waals surface area contributed by atoms with Crippen molar-refractivity contribution in [3.63, 3.8) is 0 Å². The highest BCUT2D eigenvalue weighted by atomic mass is 79.9. The molecule has 1 aromatic carbocycles. The standard InChI is InChI=1S/C13H15BrFNO2S/c14-11-9(13(17)18)1-2-10(12(11)15)16-7-8-3-5-19-6-4-8/h1-2,8,16H,3-7H2,(H,17,18). The fourth-order valence-corrected chi connectivity index (χ4v) is 3.78. The van der Waals surface area contributed by atoms with Gasteiger partial charge < -0.3 is 10.4 Å². The molecule has 0 radical (unpaired) electrons. The van der Waals surface area contributed by atoms with E-state index in [-0.39, 0.29) is 10.0 Å². The summed E-state index contributed by atoms with van der Waals surface area (Å²) in [5.41, 5.74) is 0.298. The van der Waals surface area contributed by atoms with Crippen LogP contribution in [0.25, 0.3) is 0 Å². The molecule has 0 atom stereocenters. The lowest BCUT2D eigenvalue weighted by Crippen LogP contribution is -2.19. The summed E-state index contributed by atoms with van der Waals surface area (Å²) in [6.07, 6.45) is 2.29. The number of carboxylic acids is 1. The van der Waals surface area contributed by atoms with E-state index in [2.05, 4.69) is 21.2 Å². The number of thioether (sulfide) groups is 1. The van der Waals surface area contributed by atoms with E-state index < -0.39 is 11.8 Å². The Kier molecular flexibility index (Phi) is 5.10. The van der Waals surface area contributed by atoms with Crippen LogP contribution in [0.5, 0.6) is 0 Å². The van der Waals surface area contributed by atoms with Crippen molar-refractivity contribution < 1.29 is 14.3 Å². The third-order valence-electron chi connectivity index (χ3n) is 3.23. The Bertz CT molecular complexity index is 478.